The molecule has 4 nitrogen and oxygen atoms in total. The van der Waals surface area contributed by atoms with E-state index < -0.39 is 6.10 Å². The normalized spacial score (nSPS) is 15.1. The van der Waals surface area contributed by atoms with E-state index in [0.717, 1.165) is 24.3 Å². The van der Waals surface area contributed by atoms with Crippen molar-refractivity contribution in [2.24, 2.45) is 0 Å². The summed E-state index contributed by atoms with van der Waals surface area (Å²) in [5.74, 6) is -0.117. The number of ether oxygens (including phenoxy) is 1. The first-order valence-electron chi connectivity index (χ1n) is 5.41. The average molecular weight is 220 g/mol. The molecule has 0 saturated carbocycles. The summed E-state index contributed by atoms with van der Waals surface area (Å²) in [6.45, 7) is 2.70. The third-order valence-corrected chi connectivity index (χ3v) is 2.81. The summed E-state index contributed by atoms with van der Waals surface area (Å²) in [6, 6.07) is 5.91. The number of benzene rings is 1. The predicted molar refractivity (Wildman–Crippen MR) is 63.7 cm³/mol. The van der Waals surface area contributed by atoms with Crippen LogP contribution in [-0.2, 0) is 16.0 Å². The molecular weight excluding hydrogens is 204 g/mol. The molecule has 0 radical (unpaired) electrons. The fraction of sp³-hybridized carbons (Fsp3) is 0.417. The van der Waals surface area contributed by atoms with Crippen LogP contribution >= 0.6 is 0 Å². The van der Waals surface area contributed by atoms with Crippen molar-refractivity contribution >= 4 is 17.3 Å². The summed E-state index contributed by atoms with van der Waals surface area (Å²) >= 11 is 0. The van der Waals surface area contributed by atoms with Gasteiger partial charge in [-0.05, 0) is 37.1 Å². The van der Waals surface area contributed by atoms with Crippen LogP contribution in [0.2, 0.25) is 0 Å². The Bertz CT molecular complexity index is 404. The molecule has 0 bridgehead atoms. The Morgan fingerprint density at radius 2 is 2.38 bits per heavy atom. The molecule has 1 aliphatic heterocycles. The summed E-state index contributed by atoms with van der Waals surface area (Å²) in [6.07, 6.45) is 0.588. The van der Waals surface area contributed by atoms with E-state index in [2.05, 4.69) is 10.6 Å². The number of rotatable bonds is 3. The Kier molecular flexibility index (Phi) is 3.10. The monoisotopic (exact) mass is 220 g/mol. The number of hydrogen-bond donors (Lipinski definition) is 2. The van der Waals surface area contributed by atoms with Crippen LogP contribution < -0.4 is 10.6 Å². The summed E-state index contributed by atoms with van der Waals surface area (Å²) in [4.78, 5) is 11.6. The molecule has 16 heavy (non-hydrogen) atoms. The second-order valence-corrected chi connectivity index (χ2v) is 3.92. The van der Waals surface area contributed by atoms with Crippen LogP contribution in [0.15, 0.2) is 18.2 Å². The molecular formula is C12H16N2O2. The number of fused-ring (bicyclic) bond motifs is 1. The SMILES string of the molecule is COC(C)C(=O)Nc1ccc2c(c1)CCN2. The molecule has 1 unspecified atom stereocenters. The third-order valence-electron chi connectivity index (χ3n) is 2.81. The molecule has 0 aromatic heterocycles. The summed E-state index contributed by atoms with van der Waals surface area (Å²) in [5, 5.41) is 6.11. The minimum atomic E-state index is -0.425. The van der Waals surface area contributed by atoms with Crippen LogP contribution in [0.5, 0.6) is 0 Å². The van der Waals surface area contributed by atoms with Crippen LogP contribution in [0.3, 0.4) is 0 Å². The van der Waals surface area contributed by atoms with E-state index in [-0.39, 0.29) is 5.91 Å². The molecule has 0 saturated heterocycles. The van der Waals surface area contributed by atoms with Crippen molar-refractivity contribution in [3.05, 3.63) is 23.8 Å². The number of nitrogens with one attached hydrogen (secondary N) is 2. The molecule has 0 aliphatic carbocycles. The molecule has 1 aromatic carbocycles. The highest BCUT2D eigenvalue weighted by atomic mass is 16.5. The lowest BCUT2D eigenvalue weighted by atomic mass is 10.1. The van der Waals surface area contributed by atoms with Crippen molar-refractivity contribution in [2.45, 2.75) is 19.4 Å². The zero-order valence-corrected chi connectivity index (χ0v) is 9.54. The summed E-state index contributed by atoms with van der Waals surface area (Å²) < 4.78 is 4.95. The number of methoxy groups -OCH3 is 1. The minimum absolute atomic E-state index is 0.117. The van der Waals surface area contributed by atoms with Crippen molar-refractivity contribution in [1.82, 2.24) is 0 Å². The summed E-state index contributed by atoms with van der Waals surface area (Å²) in [5.41, 5.74) is 3.25. The van der Waals surface area contributed by atoms with Gasteiger partial charge in [0.25, 0.3) is 5.91 Å². The van der Waals surface area contributed by atoms with E-state index in [0.29, 0.717) is 0 Å². The van der Waals surface area contributed by atoms with Gasteiger partial charge in [-0.2, -0.15) is 0 Å². The van der Waals surface area contributed by atoms with E-state index in [4.69, 9.17) is 4.74 Å². The molecule has 4 heteroatoms. The molecule has 1 atom stereocenters. The third kappa shape index (κ3) is 2.17. The maximum atomic E-state index is 11.6. The van der Waals surface area contributed by atoms with Gasteiger partial charge in [-0.3, -0.25) is 4.79 Å². The zero-order chi connectivity index (χ0) is 11.5. The molecule has 2 N–H and O–H groups in total. The maximum Gasteiger partial charge on any atom is 0.253 e. The van der Waals surface area contributed by atoms with Gasteiger partial charge in [-0.25, -0.2) is 0 Å². The van der Waals surface area contributed by atoms with Crippen molar-refractivity contribution in [1.29, 1.82) is 0 Å². The van der Waals surface area contributed by atoms with Gasteiger partial charge in [0.15, 0.2) is 0 Å². The predicted octanol–water partition coefficient (Wildman–Crippen LogP) is 1.63. The average Bonchev–Trinajstić information content (AvgIpc) is 2.75. The number of anilines is 2. The lowest BCUT2D eigenvalue weighted by Gasteiger charge is -2.11. The highest BCUT2D eigenvalue weighted by Crippen LogP contribution is 2.25. The van der Waals surface area contributed by atoms with Crippen LogP contribution in [-0.4, -0.2) is 25.7 Å². The van der Waals surface area contributed by atoms with E-state index in [1.54, 1.807) is 6.92 Å². The minimum Gasteiger partial charge on any atom is -0.384 e. The zero-order valence-electron chi connectivity index (χ0n) is 9.54. The molecule has 1 amide bonds. The Balaban J connectivity index is 2.08. The molecule has 1 aromatic rings. The van der Waals surface area contributed by atoms with Gasteiger partial charge in [0, 0.05) is 25.0 Å². The smallest absolute Gasteiger partial charge is 0.253 e. The second kappa shape index (κ2) is 4.53. The van der Waals surface area contributed by atoms with Crippen molar-refractivity contribution in [3.63, 3.8) is 0 Å². The Labute approximate surface area is 95.0 Å². The quantitative estimate of drug-likeness (QED) is 0.814. The first-order valence-corrected chi connectivity index (χ1v) is 5.41. The lowest BCUT2D eigenvalue weighted by molar-refractivity contribution is -0.124. The van der Waals surface area contributed by atoms with Crippen molar-refractivity contribution in [2.75, 3.05) is 24.3 Å². The maximum absolute atomic E-state index is 11.6. The first-order chi connectivity index (χ1) is 7.70. The van der Waals surface area contributed by atoms with E-state index in [9.17, 15) is 4.79 Å². The number of carbonyl (C=O) groups is 1. The van der Waals surface area contributed by atoms with Crippen LogP contribution in [0, 0.1) is 0 Å². The second-order valence-electron chi connectivity index (χ2n) is 3.92. The van der Waals surface area contributed by atoms with Crippen LogP contribution in [0.4, 0.5) is 11.4 Å². The van der Waals surface area contributed by atoms with Gasteiger partial charge in [0.05, 0.1) is 0 Å². The Hall–Kier alpha value is -1.55. The molecule has 1 aliphatic rings. The van der Waals surface area contributed by atoms with Gasteiger partial charge < -0.3 is 15.4 Å². The van der Waals surface area contributed by atoms with E-state index >= 15 is 0 Å². The highest BCUT2D eigenvalue weighted by Gasteiger charge is 2.14. The topological polar surface area (TPSA) is 50.4 Å². The van der Waals surface area contributed by atoms with Gasteiger partial charge >= 0.3 is 0 Å². The highest BCUT2D eigenvalue weighted by molar-refractivity contribution is 5.94. The molecule has 1 heterocycles. The largest absolute Gasteiger partial charge is 0.384 e. The van der Waals surface area contributed by atoms with E-state index in [1.807, 2.05) is 18.2 Å². The first kappa shape index (κ1) is 11.0. The van der Waals surface area contributed by atoms with Crippen LogP contribution in [0.25, 0.3) is 0 Å². The Morgan fingerprint density at radius 3 is 3.12 bits per heavy atom. The van der Waals surface area contributed by atoms with E-state index in [1.165, 1.54) is 12.7 Å². The lowest BCUT2D eigenvalue weighted by Crippen LogP contribution is -2.26. The van der Waals surface area contributed by atoms with Crippen molar-refractivity contribution < 1.29 is 9.53 Å². The van der Waals surface area contributed by atoms with Gasteiger partial charge in [0.2, 0.25) is 0 Å². The van der Waals surface area contributed by atoms with Gasteiger partial charge in [-0.15, -0.1) is 0 Å². The standard InChI is InChI=1S/C12H16N2O2/c1-8(16-2)12(15)14-10-3-4-11-9(7-10)5-6-13-11/h3-4,7-8,13H,5-6H2,1-2H3,(H,14,15). The van der Waals surface area contributed by atoms with Gasteiger partial charge in [0.1, 0.15) is 6.10 Å². The molecule has 86 valence electrons. The van der Waals surface area contributed by atoms with Crippen LogP contribution in [0.1, 0.15) is 12.5 Å². The molecule has 0 fully saturated rings. The fourth-order valence-corrected chi connectivity index (χ4v) is 1.73. The number of amides is 1. The van der Waals surface area contributed by atoms with Crippen molar-refractivity contribution in [3.8, 4) is 0 Å². The Morgan fingerprint density at radius 1 is 1.56 bits per heavy atom. The molecule has 2 rings (SSSR count). The van der Waals surface area contributed by atoms with Gasteiger partial charge in [-0.1, -0.05) is 0 Å². The fourth-order valence-electron chi connectivity index (χ4n) is 1.73. The number of carbonyl (C=O) groups excluding carboxylic acids is 1. The number of hydrogen-bond acceptors (Lipinski definition) is 3. The summed E-state index contributed by atoms with van der Waals surface area (Å²) in [7, 11) is 1.52. The molecule has 0 spiro atoms.